The highest BCUT2D eigenvalue weighted by Crippen LogP contribution is 2.64. The number of anilines is 1. The molecule has 5 rings (SSSR count). The number of fused-ring (bicyclic) bond motifs is 5. The quantitative estimate of drug-likeness (QED) is 0.427. The Labute approximate surface area is 211 Å². The fourth-order valence-corrected chi connectivity index (χ4v) is 7.87. The second-order valence-electron chi connectivity index (χ2n) is 11.6. The zero-order chi connectivity index (χ0) is 27.0. The zero-order valence-electron chi connectivity index (χ0n) is 20.7. The first-order valence-electron chi connectivity index (χ1n) is 12.7. The topological polar surface area (TPSA) is 58.2 Å². The molecule has 0 spiro atoms. The molecule has 4 aliphatic rings. The Kier molecular flexibility index (Phi) is 5.99. The summed E-state index contributed by atoms with van der Waals surface area (Å²) in [6, 6.07) is 1.12. The van der Waals surface area contributed by atoms with Gasteiger partial charge in [0, 0.05) is 36.1 Å². The first-order chi connectivity index (χ1) is 17.1. The highest BCUT2D eigenvalue weighted by atomic mass is 19.4. The minimum absolute atomic E-state index is 0.115. The maximum absolute atomic E-state index is 13.6. The van der Waals surface area contributed by atoms with Gasteiger partial charge in [-0.15, -0.1) is 0 Å². The number of rotatable bonds is 2. The normalized spacial score (nSPS) is 35.6. The Balaban J connectivity index is 1.40. The van der Waals surface area contributed by atoms with E-state index in [9.17, 15) is 35.9 Å². The second-order valence-corrected chi connectivity index (χ2v) is 11.6. The molecule has 37 heavy (non-hydrogen) atoms. The molecule has 2 N–H and O–H groups in total. The third-order valence-electron chi connectivity index (χ3n) is 9.82. The summed E-state index contributed by atoms with van der Waals surface area (Å²) in [5, 5.41) is 5.70. The SMILES string of the molecule is C[C@]12CCC3C(CNC4=CC(=O)CC[C@@]43C)C1CCC2C(=O)Nc1cc(C(F)(F)F)ccc1C(F)(F)F. The monoisotopic (exact) mass is 528 g/mol. The van der Waals surface area contributed by atoms with Crippen LogP contribution >= 0.6 is 0 Å². The third kappa shape index (κ3) is 4.24. The summed E-state index contributed by atoms with van der Waals surface area (Å²) in [4.78, 5) is 25.4. The van der Waals surface area contributed by atoms with Gasteiger partial charge in [0.25, 0.3) is 0 Å². The predicted octanol–water partition coefficient (Wildman–Crippen LogP) is 6.58. The van der Waals surface area contributed by atoms with Crippen molar-refractivity contribution in [3.63, 3.8) is 0 Å². The third-order valence-corrected chi connectivity index (χ3v) is 9.82. The van der Waals surface area contributed by atoms with Crippen LogP contribution in [0.3, 0.4) is 0 Å². The van der Waals surface area contributed by atoms with Crippen molar-refractivity contribution in [3.05, 3.63) is 41.1 Å². The summed E-state index contributed by atoms with van der Waals surface area (Å²) in [5.74, 6) is -0.433. The van der Waals surface area contributed by atoms with Crippen LogP contribution in [0.2, 0.25) is 0 Å². The fourth-order valence-electron chi connectivity index (χ4n) is 7.87. The van der Waals surface area contributed by atoms with Crippen molar-refractivity contribution in [2.24, 2.45) is 34.5 Å². The largest absolute Gasteiger partial charge is 0.418 e. The van der Waals surface area contributed by atoms with Gasteiger partial charge in [0.2, 0.25) is 5.91 Å². The van der Waals surface area contributed by atoms with Gasteiger partial charge in [-0.2, -0.15) is 26.3 Å². The van der Waals surface area contributed by atoms with Crippen molar-refractivity contribution in [2.45, 2.75) is 64.7 Å². The van der Waals surface area contributed by atoms with Crippen LogP contribution in [-0.2, 0) is 21.9 Å². The van der Waals surface area contributed by atoms with Gasteiger partial charge in [0.15, 0.2) is 5.78 Å². The molecule has 1 aliphatic heterocycles. The van der Waals surface area contributed by atoms with Gasteiger partial charge in [0.05, 0.1) is 16.8 Å². The standard InChI is InChI=1S/C27H30F6N2O2/c1-24-10-8-18-16(13-34-22-12-15(36)7-9-25(18,22)2)17(24)5-6-20(24)23(37)35-21-11-14(26(28,29)30)3-4-19(21)27(31,32)33/h3-4,11-12,16-18,20,34H,5-10,13H2,1-2H3,(H,35,37)/t16?,17?,18?,20?,24-,25+/m0/s1. The van der Waals surface area contributed by atoms with Crippen LogP contribution in [0.4, 0.5) is 32.0 Å². The van der Waals surface area contributed by atoms with Crippen molar-refractivity contribution in [1.29, 1.82) is 0 Å². The lowest BCUT2D eigenvalue weighted by Gasteiger charge is -2.58. The number of amides is 1. The lowest BCUT2D eigenvalue weighted by molar-refractivity contribution is -0.141. The van der Waals surface area contributed by atoms with E-state index in [1.165, 1.54) is 0 Å². The molecule has 10 heteroatoms. The molecule has 4 unspecified atom stereocenters. The summed E-state index contributed by atoms with van der Waals surface area (Å²) in [7, 11) is 0. The number of carbonyl (C=O) groups excluding carboxylic acids is 2. The molecule has 3 aliphatic carbocycles. The number of nitrogens with one attached hydrogen (secondary N) is 2. The van der Waals surface area contributed by atoms with E-state index in [0.717, 1.165) is 25.0 Å². The van der Waals surface area contributed by atoms with Crippen molar-refractivity contribution >= 4 is 17.4 Å². The molecule has 0 aromatic heterocycles. The fraction of sp³-hybridized carbons (Fsp3) is 0.630. The molecule has 1 aromatic rings. The number of hydrogen-bond acceptors (Lipinski definition) is 3. The maximum atomic E-state index is 13.6. The van der Waals surface area contributed by atoms with E-state index >= 15 is 0 Å². The Bertz CT molecular complexity index is 1160. The van der Waals surface area contributed by atoms with Crippen LogP contribution in [0, 0.1) is 34.5 Å². The molecule has 1 amide bonds. The first-order valence-corrected chi connectivity index (χ1v) is 12.7. The number of halogens is 6. The number of allylic oxidation sites excluding steroid dienone is 2. The lowest BCUT2D eigenvalue weighted by Crippen LogP contribution is -2.57. The number of ketones is 1. The summed E-state index contributed by atoms with van der Waals surface area (Å²) < 4.78 is 80.4. The van der Waals surface area contributed by atoms with Gasteiger partial charge in [-0.05, 0) is 73.5 Å². The molecule has 1 aromatic carbocycles. The van der Waals surface area contributed by atoms with Crippen molar-refractivity contribution < 1.29 is 35.9 Å². The van der Waals surface area contributed by atoms with E-state index in [4.69, 9.17) is 0 Å². The van der Waals surface area contributed by atoms with Crippen LogP contribution < -0.4 is 10.6 Å². The predicted molar refractivity (Wildman–Crippen MR) is 124 cm³/mol. The van der Waals surface area contributed by atoms with Gasteiger partial charge in [-0.3, -0.25) is 9.59 Å². The molecule has 2 saturated carbocycles. The summed E-state index contributed by atoms with van der Waals surface area (Å²) in [6.07, 6.45) is -4.08. The van der Waals surface area contributed by atoms with E-state index < -0.39 is 46.4 Å². The lowest BCUT2D eigenvalue weighted by atomic mass is 9.50. The average Bonchev–Trinajstić information content (AvgIpc) is 3.15. The number of piperidine rings is 1. The molecule has 1 heterocycles. The van der Waals surface area contributed by atoms with Crippen molar-refractivity contribution in [1.82, 2.24) is 5.32 Å². The number of carbonyl (C=O) groups is 2. The van der Waals surface area contributed by atoms with Crippen molar-refractivity contribution in [3.8, 4) is 0 Å². The molecular formula is C27H30F6N2O2. The highest BCUT2D eigenvalue weighted by molar-refractivity contribution is 5.94. The minimum atomic E-state index is -4.91. The summed E-state index contributed by atoms with van der Waals surface area (Å²) >= 11 is 0. The maximum Gasteiger partial charge on any atom is 0.418 e. The smallest absolute Gasteiger partial charge is 0.387 e. The molecule has 4 nitrogen and oxygen atoms in total. The summed E-state index contributed by atoms with van der Waals surface area (Å²) in [5.41, 5.74) is -3.06. The van der Waals surface area contributed by atoms with Crippen molar-refractivity contribution in [2.75, 3.05) is 11.9 Å². The number of benzene rings is 1. The van der Waals surface area contributed by atoms with E-state index in [1.807, 2.05) is 6.92 Å². The Morgan fingerprint density at radius 1 is 1.00 bits per heavy atom. The molecule has 6 atom stereocenters. The van der Waals surface area contributed by atoms with Crippen LogP contribution in [0.1, 0.15) is 63.5 Å². The molecule has 202 valence electrons. The van der Waals surface area contributed by atoms with E-state index in [1.54, 1.807) is 6.08 Å². The number of hydrogen-bond donors (Lipinski definition) is 2. The van der Waals surface area contributed by atoms with E-state index in [0.29, 0.717) is 49.9 Å². The molecule has 1 saturated heterocycles. The van der Waals surface area contributed by atoms with Gasteiger partial charge in [0.1, 0.15) is 0 Å². The zero-order valence-corrected chi connectivity index (χ0v) is 20.7. The van der Waals surface area contributed by atoms with Crippen LogP contribution in [-0.4, -0.2) is 18.2 Å². The van der Waals surface area contributed by atoms with E-state index in [2.05, 4.69) is 17.6 Å². The molecule has 0 bridgehead atoms. The molecule has 3 fully saturated rings. The average molecular weight is 529 g/mol. The Morgan fingerprint density at radius 3 is 2.41 bits per heavy atom. The van der Waals surface area contributed by atoms with Crippen LogP contribution in [0.15, 0.2) is 30.0 Å². The van der Waals surface area contributed by atoms with Gasteiger partial charge >= 0.3 is 12.4 Å². The first kappa shape index (κ1) is 26.1. The van der Waals surface area contributed by atoms with Gasteiger partial charge < -0.3 is 10.6 Å². The molecule has 0 radical (unpaired) electrons. The van der Waals surface area contributed by atoms with E-state index in [-0.39, 0.29) is 23.0 Å². The highest BCUT2D eigenvalue weighted by Gasteiger charge is 2.60. The number of alkyl halides is 6. The Hall–Kier alpha value is -2.52. The Morgan fingerprint density at radius 2 is 1.73 bits per heavy atom. The van der Waals surface area contributed by atoms with Crippen LogP contribution in [0.5, 0.6) is 0 Å². The summed E-state index contributed by atoms with van der Waals surface area (Å²) in [6.45, 7) is 4.85. The molecular weight excluding hydrogens is 498 g/mol. The minimum Gasteiger partial charge on any atom is -0.387 e. The van der Waals surface area contributed by atoms with Gasteiger partial charge in [-0.1, -0.05) is 13.8 Å². The van der Waals surface area contributed by atoms with Gasteiger partial charge in [-0.25, -0.2) is 0 Å². The van der Waals surface area contributed by atoms with Crippen LogP contribution in [0.25, 0.3) is 0 Å². The second kappa shape index (κ2) is 8.50.